The van der Waals surface area contributed by atoms with Crippen LogP contribution in [0.1, 0.15) is 42.5 Å². The summed E-state index contributed by atoms with van der Waals surface area (Å²) in [4.78, 5) is 4.39. The zero-order chi connectivity index (χ0) is 14.9. The highest BCUT2D eigenvalue weighted by Gasteiger charge is 2.21. The van der Waals surface area contributed by atoms with Crippen LogP contribution in [0, 0.1) is 13.8 Å². The Kier molecular flexibility index (Phi) is 3.99. The Labute approximate surface area is 119 Å². The van der Waals surface area contributed by atoms with E-state index in [4.69, 9.17) is 4.42 Å². The molecule has 0 bridgehead atoms. The molecule has 0 spiro atoms. The molecule has 0 saturated carbocycles. The summed E-state index contributed by atoms with van der Waals surface area (Å²) in [6.07, 6.45) is 1.59. The van der Waals surface area contributed by atoms with Gasteiger partial charge in [-0.1, -0.05) is 31.5 Å². The Morgan fingerprint density at radius 2 is 1.95 bits per heavy atom. The van der Waals surface area contributed by atoms with Gasteiger partial charge in [0.2, 0.25) is 5.89 Å². The molecule has 0 aliphatic rings. The van der Waals surface area contributed by atoms with Crippen molar-refractivity contribution in [1.29, 1.82) is 0 Å². The quantitative estimate of drug-likeness (QED) is 0.867. The van der Waals surface area contributed by atoms with E-state index in [1.54, 1.807) is 25.3 Å². The van der Waals surface area contributed by atoms with Crippen LogP contribution in [0.3, 0.4) is 0 Å². The predicted octanol–water partition coefficient (Wildman–Crippen LogP) is 3.39. The summed E-state index contributed by atoms with van der Waals surface area (Å²) in [6.45, 7) is 7.69. The zero-order valence-electron chi connectivity index (χ0n) is 12.2. The smallest absolute Gasteiger partial charge is 0.209 e. The fraction of sp³-hybridized carbons (Fsp3) is 0.400. The fourth-order valence-electron chi connectivity index (χ4n) is 2.05. The van der Waals surface area contributed by atoms with Crippen molar-refractivity contribution >= 4 is 9.84 Å². The van der Waals surface area contributed by atoms with Crippen LogP contribution in [0.25, 0.3) is 0 Å². The number of oxazole rings is 1. The van der Waals surface area contributed by atoms with E-state index in [1.807, 2.05) is 26.8 Å². The molecule has 4 nitrogen and oxygen atoms in total. The maximum absolute atomic E-state index is 12.4. The lowest BCUT2D eigenvalue weighted by atomic mass is 10.2. The maximum atomic E-state index is 12.4. The van der Waals surface area contributed by atoms with Gasteiger partial charge in [0.05, 0.1) is 11.1 Å². The molecule has 0 aliphatic carbocycles. The van der Waals surface area contributed by atoms with Gasteiger partial charge in [-0.15, -0.1) is 0 Å². The summed E-state index contributed by atoms with van der Waals surface area (Å²) in [5, 5.41) is 0. The van der Waals surface area contributed by atoms with Gasteiger partial charge < -0.3 is 4.42 Å². The molecule has 0 unspecified atom stereocenters. The van der Waals surface area contributed by atoms with E-state index >= 15 is 0 Å². The maximum Gasteiger partial charge on any atom is 0.209 e. The van der Waals surface area contributed by atoms with E-state index in [1.165, 1.54) is 0 Å². The molecule has 0 fully saturated rings. The minimum atomic E-state index is -3.43. The third-order valence-electron chi connectivity index (χ3n) is 3.12. The molecule has 1 aromatic heterocycles. The Morgan fingerprint density at radius 3 is 2.50 bits per heavy atom. The molecule has 20 heavy (non-hydrogen) atoms. The summed E-state index contributed by atoms with van der Waals surface area (Å²) in [6, 6.07) is 5.31. The first-order valence-corrected chi connectivity index (χ1v) is 8.19. The highest BCUT2D eigenvalue weighted by molar-refractivity contribution is 7.90. The third-order valence-corrected chi connectivity index (χ3v) is 4.87. The van der Waals surface area contributed by atoms with Crippen LogP contribution in [-0.4, -0.2) is 13.4 Å². The average molecular weight is 293 g/mol. The van der Waals surface area contributed by atoms with Crippen molar-refractivity contribution in [2.45, 2.75) is 44.3 Å². The highest BCUT2D eigenvalue weighted by atomic mass is 32.2. The topological polar surface area (TPSA) is 60.2 Å². The molecule has 5 heteroatoms. The Morgan fingerprint density at radius 1 is 1.25 bits per heavy atom. The minimum absolute atomic E-state index is 0.195. The summed E-state index contributed by atoms with van der Waals surface area (Å²) in [5.74, 6) is 0.938. The zero-order valence-corrected chi connectivity index (χ0v) is 13.0. The number of hydrogen-bond acceptors (Lipinski definition) is 4. The molecule has 0 aliphatic heterocycles. The molecule has 0 amide bonds. The number of aryl methyl sites for hydroxylation is 2. The SMILES string of the molecule is Cc1ccc(S(=O)(=O)Cc2ncc(C(C)C)o2)c(C)c1. The van der Waals surface area contributed by atoms with Crippen molar-refractivity contribution in [2.24, 2.45) is 0 Å². The molecule has 2 rings (SSSR count). The molecule has 1 aromatic carbocycles. The van der Waals surface area contributed by atoms with Crippen molar-refractivity contribution in [2.75, 3.05) is 0 Å². The van der Waals surface area contributed by atoms with Crippen molar-refractivity contribution in [1.82, 2.24) is 4.98 Å². The van der Waals surface area contributed by atoms with Gasteiger partial charge >= 0.3 is 0 Å². The van der Waals surface area contributed by atoms with Gasteiger partial charge in [-0.25, -0.2) is 13.4 Å². The van der Waals surface area contributed by atoms with E-state index in [0.29, 0.717) is 10.7 Å². The second-order valence-electron chi connectivity index (χ2n) is 5.34. The number of sulfone groups is 1. The van der Waals surface area contributed by atoms with Gasteiger partial charge in [-0.2, -0.15) is 0 Å². The first kappa shape index (κ1) is 14.8. The summed E-state index contributed by atoms with van der Waals surface area (Å²) >= 11 is 0. The Bertz CT molecular complexity index is 714. The molecule has 2 aromatic rings. The highest BCUT2D eigenvalue weighted by Crippen LogP contribution is 2.22. The number of aromatic nitrogens is 1. The standard InChI is InChI=1S/C15H19NO3S/c1-10(2)13-8-16-15(19-13)9-20(17,18)14-6-5-11(3)7-12(14)4/h5-8,10H,9H2,1-4H3. The minimum Gasteiger partial charge on any atom is -0.444 e. The van der Waals surface area contributed by atoms with Crippen LogP contribution in [0.4, 0.5) is 0 Å². The van der Waals surface area contributed by atoms with Crippen LogP contribution in [-0.2, 0) is 15.6 Å². The molecular formula is C15H19NO3S. The first-order valence-electron chi connectivity index (χ1n) is 6.54. The van der Waals surface area contributed by atoms with Crippen molar-refractivity contribution in [3.05, 3.63) is 47.2 Å². The monoisotopic (exact) mass is 293 g/mol. The lowest BCUT2D eigenvalue weighted by Crippen LogP contribution is -2.07. The van der Waals surface area contributed by atoms with Crippen LogP contribution < -0.4 is 0 Å². The third kappa shape index (κ3) is 3.10. The van der Waals surface area contributed by atoms with E-state index in [2.05, 4.69) is 4.98 Å². The van der Waals surface area contributed by atoms with E-state index < -0.39 is 9.84 Å². The second-order valence-corrected chi connectivity index (χ2v) is 7.30. The predicted molar refractivity (Wildman–Crippen MR) is 77.4 cm³/mol. The second kappa shape index (κ2) is 5.40. The lowest BCUT2D eigenvalue weighted by Gasteiger charge is -2.07. The largest absolute Gasteiger partial charge is 0.444 e. The van der Waals surface area contributed by atoms with Crippen LogP contribution in [0.2, 0.25) is 0 Å². The van der Waals surface area contributed by atoms with Crippen molar-refractivity contribution in [3.8, 4) is 0 Å². The Hall–Kier alpha value is -1.62. The number of rotatable bonds is 4. The van der Waals surface area contributed by atoms with E-state index in [0.717, 1.165) is 11.1 Å². The normalized spacial score (nSPS) is 12.1. The van der Waals surface area contributed by atoms with Crippen LogP contribution in [0.15, 0.2) is 33.7 Å². The fourth-order valence-corrected chi connectivity index (χ4v) is 3.49. The molecule has 0 saturated heterocycles. The van der Waals surface area contributed by atoms with Gasteiger partial charge in [-0.05, 0) is 25.5 Å². The van der Waals surface area contributed by atoms with Gasteiger partial charge in [0.25, 0.3) is 0 Å². The van der Waals surface area contributed by atoms with Gasteiger partial charge in [0, 0.05) is 5.92 Å². The van der Waals surface area contributed by atoms with E-state index in [-0.39, 0.29) is 17.6 Å². The van der Waals surface area contributed by atoms with E-state index in [9.17, 15) is 8.42 Å². The summed E-state index contributed by atoms with van der Waals surface area (Å²) in [5.41, 5.74) is 1.79. The van der Waals surface area contributed by atoms with Gasteiger partial charge in [0.15, 0.2) is 9.84 Å². The van der Waals surface area contributed by atoms with Crippen LogP contribution in [0.5, 0.6) is 0 Å². The molecule has 0 atom stereocenters. The Balaban J connectivity index is 2.30. The van der Waals surface area contributed by atoms with Crippen molar-refractivity contribution < 1.29 is 12.8 Å². The average Bonchev–Trinajstić information content (AvgIpc) is 2.76. The molecule has 0 radical (unpaired) electrons. The number of nitrogens with zero attached hydrogens (tertiary/aromatic N) is 1. The van der Waals surface area contributed by atoms with Crippen LogP contribution >= 0.6 is 0 Å². The molecule has 0 N–H and O–H groups in total. The first-order chi connectivity index (χ1) is 9.29. The number of hydrogen-bond donors (Lipinski definition) is 0. The summed E-state index contributed by atoms with van der Waals surface area (Å²) < 4.78 is 30.3. The van der Waals surface area contributed by atoms with Crippen molar-refractivity contribution in [3.63, 3.8) is 0 Å². The lowest BCUT2D eigenvalue weighted by molar-refractivity contribution is 0.450. The summed E-state index contributed by atoms with van der Waals surface area (Å²) in [7, 11) is -3.43. The number of benzene rings is 1. The molecule has 108 valence electrons. The molecular weight excluding hydrogens is 274 g/mol. The van der Waals surface area contributed by atoms with Gasteiger partial charge in [-0.3, -0.25) is 0 Å². The molecule has 1 heterocycles. The van der Waals surface area contributed by atoms with Gasteiger partial charge in [0.1, 0.15) is 11.5 Å².